The number of rotatable bonds is 2. The summed E-state index contributed by atoms with van der Waals surface area (Å²) in [4.78, 5) is 22.6. The topological polar surface area (TPSA) is 98.2 Å². The number of nitrogens with two attached hydrogens (primary N) is 1. The van der Waals surface area contributed by atoms with Crippen molar-refractivity contribution >= 4 is 17.7 Å². The fraction of sp³-hybridized carbons (Fsp3) is 0.300. The van der Waals surface area contributed by atoms with Crippen molar-refractivity contribution in [3.8, 4) is 0 Å². The molecule has 0 amide bonds. The van der Waals surface area contributed by atoms with Crippen LogP contribution in [0.3, 0.4) is 0 Å². The maximum atomic E-state index is 11.7. The van der Waals surface area contributed by atoms with Crippen LogP contribution in [-0.4, -0.2) is 26.8 Å². The lowest BCUT2D eigenvalue weighted by atomic mass is 9.95. The summed E-state index contributed by atoms with van der Waals surface area (Å²) in [5, 5.41) is 12.7. The number of aromatic nitrogens is 2. The molecule has 0 bridgehead atoms. The average molecular weight is 221 g/mol. The molecule has 1 aromatic heterocycles. The van der Waals surface area contributed by atoms with E-state index in [0.29, 0.717) is 12.1 Å². The number of nitrogen functional groups attached to an aromatic ring is 1. The van der Waals surface area contributed by atoms with Crippen LogP contribution in [0.25, 0.3) is 0 Å². The zero-order chi connectivity index (χ0) is 11.9. The van der Waals surface area contributed by atoms with E-state index in [0.717, 1.165) is 4.68 Å². The van der Waals surface area contributed by atoms with E-state index in [1.54, 1.807) is 6.07 Å². The lowest BCUT2D eigenvalue weighted by Crippen LogP contribution is -2.27. The maximum Gasteiger partial charge on any atom is 0.341 e. The first-order valence-electron chi connectivity index (χ1n) is 4.89. The van der Waals surface area contributed by atoms with Crippen LogP contribution in [0, 0.1) is 0 Å². The second-order valence-corrected chi connectivity index (χ2v) is 3.61. The molecule has 3 N–H and O–H groups in total. The van der Waals surface area contributed by atoms with Gasteiger partial charge in [0.15, 0.2) is 0 Å². The van der Waals surface area contributed by atoms with Gasteiger partial charge in [-0.3, -0.25) is 4.79 Å². The first-order valence-corrected chi connectivity index (χ1v) is 4.89. The molecule has 2 heterocycles. The van der Waals surface area contributed by atoms with Crippen molar-refractivity contribution in [2.45, 2.75) is 19.3 Å². The van der Waals surface area contributed by atoms with Crippen LogP contribution in [-0.2, 0) is 4.79 Å². The third kappa shape index (κ3) is 1.39. The standard InChI is InChI=1S/C10H11N3O3/c1-2-5-3-6(10(15)16)9(14)13-7(5)4-8(11)12-13/h3-5H,2H2,1H3,(H2,11,12)(H,15,16). The molecule has 0 saturated heterocycles. The van der Waals surface area contributed by atoms with E-state index >= 15 is 0 Å². The van der Waals surface area contributed by atoms with Crippen molar-refractivity contribution in [2.24, 2.45) is 0 Å². The molecular weight excluding hydrogens is 210 g/mol. The minimum Gasteiger partial charge on any atom is -0.478 e. The van der Waals surface area contributed by atoms with Crippen LogP contribution in [0.4, 0.5) is 5.82 Å². The predicted octanol–water partition coefficient (Wildman–Crippen LogP) is 0.624. The van der Waals surface area contributed by atoms with Crippen LogP contribution in [0.15, 0.2) is 17.7 Å². The SMILES string of the molecule is CCC1C=C(C(=O)O)C(=O)n2nc(N)cc21. The molecule has 1 aromatic rings. The first-order chi connectivity index (χ1) is 7.54. The molecule has 0 radical (unpaired) electrons. The van der Waals surface area contributed by atoms with Gasteiger partial charge < -0.3 is 10.8 Å². The highest BCUT2D eigenvalue weighted by atomic mass is 16.4. The van der Waals surface area contributed by atoms with Gasteiger partial charge in [-0.15, -0.1) is 5.10 Å². The number of fused-ring (bicyclic) bond motifs is 1. The van der Waals surface area contributed by atoms with Gasteiger partial charge in [0.25, 0.3) is 5.91 Å². The Kier molecular flexibility index (Phi) is 2.26. The van der Waals surface area contributed by atoms with Crippen molar-refractivity contribution in [1.29, 1.82) is 0 Å². The molecule has 1 unspecified atom stereocenters. The zero-order valence-corrected chi connectivity index (χ0v) is 8.67. The summed E-state index contributed by atoms with van der Waals surface area (Å²) in [5.41, 5.74) is 5.90. The lowest BCUT2D eigenvalue weighted by Gasteiger charge is -2.18. The second kappa shape index (κ2) is 3.48. The number of carbonyl (C=O) groups is 2. The van der Waals surface area contributed by atoms with Crippen LogP contribution >= 0.6 is 0 Å². The van der Waals surface area contributed by atoms with E-state index < -0.39 is 11.9 Å². The molecule has 0 spiro atoms. The number of hydrogen-bond donors (Lipinski definition) is 2. The molecule has 84 valence electrons. The third-order valence-electron chi connectivity index (χ3n) is 2.60. The summed E-state index contributed by atoms with van der Waals surface area (Å²) < 4.78 is 1.08. The molecule has 1 atom stereocenters. The average Bonchev–Trinajstić information content (AvgIpc) is 2.60. The highest BCUT2D eigenvalue weighted by molar-refractivity contribution is 6.17. The van der Waals surface area contributed by atoms with Crippen LogP contribution in [0.2, 0.25) is 0 Å². The number of nitrogens with zero attached hydrogens (tertiary/aromatic N) is 2. The second-order valence-electron chi connectivity index (χ2n) is 3.61. The Morgan fingerprint density at radius 1 is 1.69 bits per heavy atom. The molecule has 0 aromatic carbocycles. The van der Waals surface area contributed by atoms with Crippen molar-refractivity contribution < 1.29 is 14.7 Å². The Balaban J connectivity index is 2.56. The fourth-order valence-electron chi connectivity index (χ4n) is 1.80. The van der Waals surface area contributed by atoms with Gasteiger partial charge in [0.05, 0.1) is 5.69 Å². The van der Waals surface area contributed by atoms with Gasteiger partial charge in [0.2, 0.25) is 0 Å². The Hall–Kier alpha value is -2.11. The summed E-state index contributed by atoms with van der Waals surface area (Å²) in [6.45, 7) is 1.91. The summed E-state index contributed by atoms with van der Waals surface area (Å²) in [6.07, 6.45) is 2.15. The molecule has 6 nitrogen and oxygen atoms in total. The highest BCUT2D eigenvalue weighted by Gasteiger charge is 2.30. The predicted molar refractivity (Wildman–Crippen MR) is 56.0 cm³/mol. The smallest absolute Gasteiger partial charge is 0.341 e. The first kappa shape index (κ1) is 10.4. The Morgan fingerprint density at radius 2 is 2.38 bits per heavy atom. The highest BCUT2D eigenvalue weighted by Crippen LogP contribution is 2.29. The van der Waals surface area contributed by atoms with Gasteiger partial charge in [-0.05, 0) is 6.42 Å². The Morgan fingerprint density at radius 3 is 2.94 bits per heavy atom. The number of allylic oxidation sites excluding steroid dienone is 1. The zero-order valence-electron chi connectivity index (χ0n) is 8.67. The quantitative estimate of drug-likeness (QED) is 0.713. The fourth-order valence-corrected chi connectivity index (χ4v) is 1.80. The number of carbonyl (C=O) groups excluding carboxylic acids is 1. The van der Waals surface area contributed by atoms with E-state index in [1.807, 2.05) is 6.92 Å². The summed E-state index contributed by atoms with van der Waals surface area (Å²) in [7, 11) is 0. The van der Waals surface area contributed by atoms with E-state index in [2.05, 4.69) is 5.10 Å². The summed E-state index contributed by atoms with van der Waals surface area (Å²) in [6, 6.07) is 1.60. The van der Waals surface area contributed by atoms with Crippen LogP contribution < -0.4 is 5.73 Å². The number of aliphatic carboxylic acids is 1. The van der Waals surface area contributed by atoms with Gasteiger partial charge in [-0.25, -0.2) is 4.79 Å². The van der Waals surface area contributed by atoms with Crippen molar-refractivity contribution in [3.63, 3.8) is 0 Å². The molecule has 0 saturated carbocycles. The van der Waals surface area contributed by atoms with Gasteiger partial charge in [0, 0.05) is 12.0 Å². The molecule has 1 aliphatic rings. The van der Waals surface area contributed by atoms with E-state index in [1.165, 1.54) is 6.08 Å². The van der Waals surface area contributed by atoms with Crippen LogP contribution in [0.5, 0.6) is 0 Å². The maximum absolute atomic E-state index is 11.7. The third-order valence-corrected chi connectivity index (χ3v) is 2.60. The van der Waals surface area contributed by atoms with Gasteiger partial charge in [-0.2, -0.15) is 4.68 Å². The lowest BCUT2D eigenvalue weighted by molar-refractivity contribution is -0.132. The minimum atomic E-state index is -1.23. The van der Waals surface area contributed by atoms with Gasteiger partial charge >= 0.3 is 5.97 Å². The normalized spacial score (nSPS) is 19.2. The number of anilines is 1. The number of carboxylic acid groups (broad SMARTS) is 1. The Labute approximate surface area is 91.4 Å². The van der Waals surface area contributed by atoms with Crippen molar-refractivity contribution in [2.75, 3.05) is 5.73 Å². The summed E-state index contributed by atoms with van der Waals surface area (Å²) >= 11 is 0. The molecule has 0 fully saturated rings. The van der Waals surface area contributed by atoms with Gasteiger partial charge in [-0.1, -0.05) is 13.0 Å². The summed E-state index contributed by atoms with van der Waals surface area (Å²) in [5.74, 6) is -1.78. The van der Waals surface area contributed by atoms with Crippen LogP contribution in [0.1, 0.15) is 29.8 Å². The molecule has 1 aliphatic heterocycles. The largest absolute Gasteiger partial charge is 0.478 e. The molecular formula is C10H11N3O3. The molecule has 2 rings (SSSR count). The molecule has 16 heavy (non-hydrogen) atoms. The number of carboxylic acids is 1. The van der Waals surface area contributed by atoms with E-state index in [-0.39, 0.29) is 17.3 Å². The van der Waals surface area contributed by atoms with Crippen molar-refractivity contribution in [1.82, 2.24) is 9.78 Å². The number of hydrogen-bond acceptors (Lipinski definition) is 4. The van der Waals surface area contributed by atoms with Crippen molar-refractivity contribution in [3.05, 3.63) is 23.4 Å². The van der Waals surface area contributed by atoms with E-state index in [4.69, 9.17) is 10.8 Å². The minimum absolute atomic E-state index is 0.131. The molecule has 6 heteroatoms. The van der Waals surface area contributed by atoms with Gasteiger partial charge in [0.1, 0.15) is 11.4 Å². The van der Waals surface area contributed by atoms with E-state index in [9.17, 15) is 9.59 Å². The Bertz CT molecular complexity index is 501. The monoisotopic (exact) mass is 221 g/mol. The molecule has 0 aliphatic carbocycles.